The zero-order chi connectivity index (χ0) is 29.3. The van der Waals surface area contributed by atoms with Crippen LogP contribution in [0.2, 0.25) is 0 Å². The fourth-order valence-electron chi connectivity index (χ4n) is 4.25. The third-order valence-electron chi connectivity index (χ3n) is 7.40. The number of methoxy groups -OCH3 is 1. The summed E-state index contributed by atoms with van der Waals surface area (Å²) in [6.07, 6.45) is 8.04. The maximum absolute atomic E-state index is 6.43. The van der Waals surface area contributed by atoms with Crippen LogP contribution in [0.25, 0.3) is 0 Å². The van der Waals surface area contributed by atoms with Crippen LogP contribution in [0, 0.1) is 6.92 Å². The molecule has 7 nitrogen and oxygen atoms in total. The minimum Gasteiger partial charge on any atom is -0.496 e. The minimum atomic E-state index is -1.17. The Morgan fingerprint density at radius 3 is 2.40 bits per heavy atom. The van der Waals surface area contributed by atoms with Crippen molar-refractivity contribution in [1.82, 2.24) is 9.97 Å². The Bertz CT molecular complexity index is 1230. The summed E-state index contributed by atoms with van der Waals surface area (Å²) < 4.78 is 18.3. The van der Waals surface area contributed by atoms with Gasteiger partial charge in [0.2, 0.25) is 5.95 Å². The van der Waals surface area contributed by atoms with Gasteiger partial charge in [0.1, 0.15) is 23.9 Å². The van der Waals surface area contributed by atoms with E-state index in [2.05, 4.69) is 67.6 Å². The Morgan fingerprint density at radius 2 is 1.75 bits per heavy atom. The van der Waals surface area contributed by atoms with E-state index in [-0.39, 0.29) is 16.7 Å². The molecule has 0 aliphatic carbocycles. The molecule has 0 saturated carbocycles. The van der Waals surface area contributed by atoms with Gasteiger partial charge in [0.05, 0.1) is 13.7 Å². The number of anilines is 2. The molecule has 0 radical (unpaired) electrons. The van der Waals surface area contributed by atoms with Gasteiger partial charge in [-0.25, -0.2) is 4.98 Å². The topological polar surface area (TPSA) is 91.5 Å². The molecule has 1 aromatic heterocycles. The highest BCUT2D eigenvalue weighted by Crippen LogP contribution is 2.53. The van der Waals surface area contributed by atoms with Crippen molar-refractivity contribution >= 4 is 22.1 Å². The van der Waals surface area contributed by atoms with Gasteiger partial charge in [-0.15, -0.1) is 10.3 Å². The van der Waals surface area contributed by atoms with E-state index in [0.29, 0.717) is 19.6 Å². The number of ether oxygens (including phenoxy) is 2. The van der Waals surface area contributed by atoms with Crippen molar-refractivity contribution in [3.63, 3.8) is 0 Å². The van der Waals surface area contributed by atoms with Crippen molar-refractivity contribution in [2.24, 2.45) is 0 Å². The number of nitrogen functional groups attached to an aromatic ring is 1. The van der Waals surface area contributed by atoms with Crippen LogP contribution in [0.4, 0.5) is 11.8 Å². The fraction of sp³-hybridized carbons (Fsp3) is 0.500. The lowest BCUT2D eigenvalue weighted by Gasteiger charge is -2.44. The molecule has 0 aliphatic rings. The van der Waals surface area contributed by atoms with Crippen LogP contribution < -0.4 is 20.5 Å². The van der Waals surface area contributed by atoms with Crippen LogP contribution in [0.3, 0.4) is 0 Å². The molecule has 0 aliphatic heterocycles. The van der Waals surface area contributed by atoms with Crippen molar-refractivity contribution < 1.29 is 13.7 Å². The van der Waals surface area contributed by atoms with E-state index in [1.165, 1.54) is 0 Å². The first-order valence-corrected chi connectivity index (χ1v) is 16.4. The molecule has 3 rings (SSSR count). The number of nitrogens with zero attached hydrogens (tertiary/aromatic N) is 2. The van der Waals surface area contributed by atoms with Gasteiger partial charge >= 0.3 is 0 Å². The molecule has 1 heterocycles. The summed E-state index contributed by atoms with van der Waals surface area (Å²) in [4.78, 5) is 9.12. The molecule has 0 fully saturated rings. The molecular weight excluding hydrogens is 520 g/mol. The highest BCUT2D eigenvalue weighted by molar-refractivity contribution is 8.29. The minimum absolute atomic E-state index is 0.132. The smallest absolute Gasteiger partial charge is 0.222 e. The van der Waals surface area contributed by atoms with Crippen LogP contribution in [0.5, 0.6) is 11.5 Å². The molecule has 8 heteroatoms. The molecule has 0 saturated heterocycles. The van der Waals surface area contributed by atoms with E-state index < -0.39 is 10.3 Å². The van der Waals surface area contributed by atoms with E-state index in [0.717, 1.165) is 59.0 Å². The second-order valence-corrected chi connectivity index (χ2v) is 15.4. The molecule has 0 spiro atoms. The predicted molar refractivity (Wildman–Crippen MR) is 170 cm³/mol. The van der Waals surface area contributed by atoms with Crippen molar-refractivity contribution in [3.8, 4) is 11.5 Å². The first-order valence-electron chi connectivity index (χ1n) is 14.0. The average Bonchev–Trinajstić information content (AvgIpc) is 2.89. The summed E-state index contributed by atoms with van der Waals surface area (Å²) in [6.45, 7) is 12.1. The third kappa shape index (κ3) is 8.77. The number of nitrogens with two attached hydrogens (primary N) is 1. The lowest BCUT2D eigenvalue weighted by atomic mass is 10.0. The van der Waals surface area contributed by atoms with Crippen molar-refractivity contribution in [3.05, 3.63) is 70.9 Å². The lowest BCUT2D eigenvalue weighted by Crippen LogP contribution is -2.28. The number of rotatable bonds is 14. The van der Waals surface area contributed by atoms with Crippen molar-refractivity contribution in [1.29, 1.82) is 0 Å². The zero-order valence-electron chi connectivity index (χ0n) is 25.5. The van der Waals surface area contributed by atoms with Crippen LogP contribution >= 0.6 is 10.3 Å². The average molecular weight is 569 g/mol. The number of benzene rings is 2. The van der Waals surface area contributed by atoms with Gasteiger partial charge in [-0.1, -0.05) is 70.5 Å². The maximum atomic E-state index is 6.43. The van der Waals surface area contributed by atoms with Crippen LogP contribution in [-0.2, 0) is 17.2 Å². The molecule has 3 aromatic rings. The second-order valence-electron chi connectivity index (χ2n) is 11.5. The number of aromatic nitrogens is 2. The largest absolute Gasteiger partial charge is 0.496 e. The molecule has 220 valence electrons. The SMILES string of the molecule is CCC[C@@H](CCOS(C)(C)C(C)(C)C)Nc1nc(N)nc(C)c1Cc1ccc(OCc2ccccc2)cc1OC. The number of aryl methyl sites for hydroxylation is 1. The summed E-state index contributed by atoms with van der Waals surface area (Å²) in [5, 5.41) is 3.70. The van der Waals surface area contributed by atoms with E-state index >= 15 is 0 Å². The molecule has 1 atom stereocenters. The number of hydrogen-bond donors (Lipinski definition) is 2. The molecule has 40 heavy (non-hydrogen) atoms. The summed E-state index contributed by atoms with van der Waals surface area (Å²) >= 11 is 0. The quantitative estimate of drug-likeness (QED) is 0.211. The second kappa shape index (κ2) is 14.1. The molecule has 0 amide bonds. The Hall–Kier alpha value is -2.97. The van der Waals surface area contributed by atoms with Gasteiger partial charge in [-0.2, -0.15) is 4.98 Å². The lowest BCUT2D eigenvalue weighted by molar-refractivity contribution is 0.303. The van der Waals surface area contributed by atoms with Crippen LogP contribution in [0.1, 0.15) is 69.3 Å². The zero-order valence-corrected chi connectivity index (χ0v) is 26.4. The summed E-state index contributed by atoms with van der Waals surface area (Å²) in [7, 11) is 0.512. The first kappa shape index (κ1) is 31.6. The van der Waals surface area contributed by atoms with E-state index in [1.807, 2.05) is 43.3 Å². The summed E-state index contributed by atoms with van der Waals surface area (Å²) in [5.74, 6) is 2.57. The molecule has 0 bridgehead atoms. The fourth-order valence-corrected chi connectivity index (χ4v) is 5.11. The van der Waals surface area contributed by atoms with Gasteiger partial charge < -0.3 is 24.7 Å². The van der Waals surface area contributed by atoms with Gasteiger partial charge in [0, 0.05) is 34.5 Å². The monoisotopic (exact) mass is 568 g/mol. The van der Waals surface area contributed by atoms with Gasteiger partial charge in [-0.05, 0) is 49.5 Å². The summed E-state index contributed by atoms with van der Waals surface area (Å²) in [6, 6.07) is 16.3. The Labute approximate surface area is 242 Å². The normalized spacial score (nSPS) is 13.1. The molecule has 0 unspecified atom stereocenters. The van der Waals surface area contributed by atoms with Crippen molar-refractivity contribution in [2.45, 2.75) is 77.7 Å². The number of nitrogens with one attached hydrogen (secondary N) is 1. The van der Waals surface area contributed by atoms with Gasteiger partial charge in [-0.3, -0.25) is 0 Å². The highest BCUT2D eigenvalue weighted by Gasteiger charge is 2.29. The predicted octanol–water partition coefficient (Wildman–Crippen LogP) is 7.31. The highest BCUT2D eigenvalue weighted by atomic mass is 32.3. The van der Waals surface area contributed by atoms with E-state index in [1.54, 1.807) is 7.11 Å². The Kier molecular flexibility index (Phi) is 11.1. The van der Waals surface area contributed by atoms with Gasteiger partial charge in [0.15, 0.2) is 0 Å². The summed E-state index contributed by atoms with van der Waals surface area (Å²) in [5.41, 5.74) is 10.1. The Balaban J connectivity index is 1.77. The maximum Gasteiger partial charge on any atom is 0.222 e. The molecule has 3 N–H and O–H groups in total. The molecular formula is C32H48N4O3S. The third-order valence-corrected chi connectivity index (χ3v) is 11.1. The van der Waals surface area contributed by atoms with Crippen LogP contribution in [-0.4, -0.2) is 47.0 Å². The van der Waals surface area contributed by atoms with E-state index in [9.17, 15) is 0 Å². The van der Waals surface area contributed by atoms with Crippen molar-refractivity contribution in [2.75, 3.05) is 37.3 Å². The van der Waals surface area contributed by atoms with Crippen LogP contribution in [0.15, 0.2) is 48.5 Å². The first-order chi connectivity index (χ1) is 18.9. The molecule has 2 aromatic carbocycles. The van der Waals surface area contributed by atoms with Gasteiger partial charge in [0.25, 0.3) is 0 Å². The van der Waals surface area contributed by atoms with E-state index in [4.69, 9.17) is 19.4 Å². The Morgan fingerprint density at radius 1 is 1.02 bits per heavy atom. The number of hydrogen-bond acceptors (Lipinski definition) is 7. The standard InChI is InChI=1S/C32H48N4O3S/c1-9-13-26(18-19-39-40(7,8)32(3,4)5)35-30-28(23(2)34-31(33)36-30)20-25-16-17-27(21-29(25)37-6)38-22-24-14-11-10-12-15-24/h10-12,14-17,21,26H,9,13,18-20,22H2,1-8H3,(H3,33,34,35,36)/t26-/m0/s1.